The van der Waals surface area contributed by atoms with E-state index in [9.17, 15) is 0 Å². The van der Waals surface area contributed by atoms with Crippen molar-refractivity contribution in [3.05, 3.63) is 28.2 Å². The molecule has 4 heteroatoms. The maximum atomic E-state index is 9.14. The van der Waals surface area contributed by atoms with E-state index in [1.54, 1.807) is 0 Å². The highest BCUT2D eigenvalue weighted by Crippen LogP contribution is 2.30. The fourth-order valence-corrected chi connectivity index (χ4v) is 3.18. The van der Waals surface area contributed by atoms with Crippen LogP contribution in [0.2, 0.25) is 0 Å². The number of benzene rings is 1. The Bertz CT molecular complexity index is 412. The molecule has 0 aliphatic carbocycles. The molecule has 1 aliphatic rings. The lowest BCUT2D eigenvalue weighted by Gasteiger charge is -2.43. The van der Waals surface area contributed by atoms with E-state index in [-0.39, 0.29) is 6.61 Å². The number of aliphatic hydroxyl groups is 1. The third-order valence-corrected chi connectivity index (χ3v) is 4.53. The molecule has 1 saturated heterocycles. The van der Waals surface area contributed by atoms with Gasteiger partial charge in [0, 0.05) is 29.6 Å². The third-order valence-electron chi connectivity index (χ3n) is 3.90. The van der Waals surface area contributed by atoms with Gasteiger partial charge in [-0.2, -0.15) is 0 Å². The maximum absolute atomic E-state index is 9.14. The second-order valence-electron chi connectivity index (χ2n) is 5.21. The van der Waals surface area contributed by atoms with Gasteiger partial charge in [0.15, 0.2) is 0 Å². The number of piperazine rings is 1. The van der Waals surface area contributed by atoms with Gasteiger partial charge in [0.1, 0.15) is 0 Å². The molecule has 0 radical (unpaired) electrons. The molecule has 1 aromatic rings. The minimum absolute atomic E-state index is 0.0917. The zero-order valence-corrected chi connectivity index (χ0v) is 12.8. The zero-order valence-electron chi connectivity index (χ0n) is 11.2. The number of nitrogens with zero attached hydrogens (tertiary/aromatic N) is 2. The van der Waals surface area contributed by atoms with Crippen LogP contribution in [0.3, 0.4) is 0 Å². The van der Waals surface area contributed by atoms with Crippen molar-refractivity contribution in [2.24, 2.45) is 0 Å². The normalized spacial score (nSPS) is 25.5. The molecule has 0 amide bonds. The fourth-order valence-electron chi connectivity index (χ4n) is 2.51. The van der Waals surface area contributed by atoms with Crippen molar-refractivity contribution in [1.82, 2.24) is 4.90 Å². The van der Waals surface area contributed by atoms with E-state index in [0.29, 0.717) is 12.1 Å². The molecular weight excluding hydrogens is 292 g/mol. The second kappa shape index (κ2) is 5.59. The molecule has 1 N–H and O–H groups in total. The van der Waals surface area contributed by atoms with Crippen LogP contribution in [0.4, 0.5) is 5.69 Å². The van der Waals surface area contributed by atoms with Crippen LogP contribution < -0.4 is 4.90 Å². The summed E-state index contributed by atoms with van der Waals surface area (Å²) in [7, 11) is 2.19. The van der Waals surface area contributed by atoms with E-state index >= 15 is 0 Å². The highest BCUT2D eigenvalue weighted by atomic mass is 79.9. The van der Waals surface area contributed by atoms with Crippen LogP contribution in [0, 0.1) is 0 Å². The summed E-state index contributed by atoms with van der Waals surface area (Å²) in [4.78, 5) is 4.84. The quantitative estimate of drug-likeness (QED) is 0.909. The third kappa shape index (κ3) is 2.71. The van der Waals surface area contributed by atoms with Crippen LogP contribution in [-0.4, -0.2) is 42.2 Å². The van der Waals surface area contributed by atoms with Gasteiger partial charge in [-0.15, -0.1) is 0 Å². The van der Waals surface area contributed by atoms with Gasteiger partial charge in [-0.25, -0.2) is 0 Å². The topological polar surface area (TPSA) is 26.7 Å². The summed E-state index contributed by atoms with van der Waals surface area (Å²) >= 11 is 3.61. The lowest BCUT2D eigenvalue weighted by atomic mass is 10.1. The molecular formula is C14H21BrN2O. The van der Waals surface area contributed by atoms with Gasteiger partial charge in [0.05, 0.1) is 12.3 Å². The molecule has 0 spiro atoms. The second-order valence-corrected chi connectivity index (χ2v) is 6.07. The summed E-state index contributed by atoms with van der Waals surface area (Å²) in [6, 6.07) is 7.20. The molecule has 1 aromatic carbocycles. The number of halogens is 1. The van der Waals surface area contributed by atoms with Crippen molar-refractivity contribution >= 4 is 21.6 Å². The van der Waals surface area contributed by atoms with Gasteiger partial charge >= 0.3 is 0 Å². The number of hydrogen-bond acceptors (Lipinski definition) is 3. The van der Waals surface area contributed by atoms with E-state index < -0.39 is 0 Å². The van der Waals surface area contributed by atoms with Crippen LogP contribution in [0.1, 0.15) is 19.4 Å². The Morgan fingerprint density at radius 2 is 1.89 bits per heavy atom. The Hall–Kier alpha value is -0.580. The summed E-state index contributed by atoms with van der Waals surface area (Å²) in [5.74, 6) is 0. The van der Waals surface area contributed by atoms with Gasteiger partial charge in [0.25, 0.3) is 0 Å². The SMILES string of the molecule is CC1CN(c2ccc(CO)cc2Br)CC(C)N1C. The van der Waals surface area contributed by atoms with Crippen molar-refractivity contribution in [1.29, 1.82) is 0 Å². The number of aliphatic hydroxyl groups excluding tert-OH is 1. The summed E-state index contributed by atoms with van der Waals surface area (Å²) in [6.45, 7) is 6.70. The summed E-state index contributed by atoms with van der Waals surface area (Å²) in [5.41, 5.74) is 2.17. The van der Waals surface area contributed by atoms with Gasteiger partial charge in [-0.1, -0.05) is 6.07 Å². The first kappa shape index (κ1) is 13.8. The average Bonchev–Trinajstić information content (AvgIpc) is 2.35. The average molecular weight is 313 g/mol. The van der Waals surface area contributed by atoms with Gasteiger partial charge < -0.3 is 10.0 Å². The Labute approximate surface area is 118 Å². The predicted molar refractivity (Wildman–Crippen MR) is 79.0 cm³/mol. The summed E-state index contributed by atoms with van der Waals surface area (Å²) in [6.07, 6.45) is 0. The first-order chi connectivity index (χ1) is 8.52. The van der Waals surface area contributed by atoms with Crippen LogP contribution in [-0.2, 0) is 6.61 Å². The largest absolute Gasteiger partial charge is 0.392 e. The first-order valence-electron chi connectivity index (χ1n) is 6.39. The molecule has 1 aliphatic heterocycles. The van der Waals surface area contributed by atoms with E-state index in [2.05, 4.69) is 52.7 Å². The van der Waals surface area contributed by atoms with Crippen molar-refractivity contribution in [3.63, 3.8) is 0 Å². The minimum Gasteiger partial charge on any atom is -0.392 e. The van der Waals surface area contributed by atoms with Crippen molar-refractivity contribution in [2.45, 2.75) is 32.5 Å². The van der Waals surface area contributed by atoms with Gasteiger partial charge in [-0.05, 0) is 54.5 Å². The van der Waals surface area contributed by atoms with Crippen molar-refractivity contribution < 1.29 is 5.11 Å². The van der Waals surface area contributed by atoms with Gasteiger partial charge in [0.2, 0.25) is 0 Å². The number of anilines is 1. The Balaban J connectivity index is 2.21. The molecule has 0 bridgehead atoms. The van der Waals surface area contributed by atoms with E-state index in [0.717, 1.165) is 23.1 Å². The molecule has 1 fully saturated rings. The fraction of sp³-hybridized carbons (Fsp3) is 0.571. The Morgan fingerprint density at radius 3 is 2.39 bits per heavy atom. The van der Waals surface area contributed by atoms with Crippen LogP contribution in [0.25, 0.3) is 0 Å². The monoisotopic (exact) mass is 312 g/mol. The lowest BCUT2D eigenvalue weighted by Crippen LogP contribution is -2.55. The Kier molecular flexibility index (Phi) is 4.30. The number of likely N-dealkylation sites (N-methyl/N-ethyl adjacent to an activating group) is 1. The predicted octanol–water partition coefficient (Wildman–Crippen LogP) is 2.47. The van der Waals surface area contributed by atoms with Crippen LogP contribution >= 0.6 is 15.9 Å². The minimum atomic E-state index is 0.0917. The van der Waals surface area contributed by atoms with E-state index in [1.165, 1.54) is 5.69 Å². The standard InChI is InChI=1S/C14H21BrN2O/c1-10-7-17(8-11(2)16(10)3)14-5-4-12(9-18)6-13(14)15/h4-6,10-11,18H,7-9H2,1-3H3. The summed E-state index contributed by atoms with van der Waals surface area (Å²) < 4.78 is 1.07. The molecule has 0 aromatic heterocycles. The Morgan fingerprint density at radius 1 is 1.28 bits per heavy atom. The van der Waals surface area contributed by atoms with Gasteiger partial charge in [-0.3, -0.25) is 4.90 Å². The molecule has 0 saturated carbocycles. The molecule has 1 heterocycles. The first-order valence-corrected chi connectivity index (χ1v) is 7.18. The number of rotatable bonds is 2. The highest BCUT2D eigenvalue weighted by molar-refractivity contribution is 9.10. The number of hydrogen-bond donors (Lipinski definition) is 1. The van der Waals surface area contributed by atoms with Crippen LogP contribution in [0.5, 0.6) is 0 Å². The lowest BCUT2D eigenvalue weighted by molar-refractivity contribution is 0.170. The van der Waals surface area contributed by atoms with Crippen molar-refractivity contribution in [2.75, 3.05) is 25.0 Å². The van der Waals surface area contributed by atoms with E-state index in [1.807, 2.05) is 12.1 Å². The van der Waals surface area contributed by atoms with Crippen molar-refractivity contribution in [3.8, 4) is 0 Å². The smallest absolute Gasteiger partial charge is 0.0682 e. The maximum Gasteiger partial charge on any atom is 0.0682 e. The molecule has 2 rings (SSSR count). The van der Waals surface area contributed by atoms with E-state index in [4.69, 9.17) is 5.11 Å². The molecule has 3 nitrogen and oxygen atoms in total. The van der Waals surface area contributed by atoms with Crippen LogP contribution in [0.15, 0.2) is 22.7 Å². The zero-order chi connectivity index (χ0) is 13.3. The molecule has 2 atom stereocenters. The molecule has 18 heavy (non-hydrogen) atoms. The molecule has 2 unspecified atom stereocenters. The summed E-state index contributed by atoms with van der Waals surface area (Å²) in [5, 5.41) is 9.14. The highest BCUT2D eigenvalue weighted by Gasteiger charge is 2.27. The molecule has 100 valence electrons.